The fourth-order valence-electron chi connectivity index (χ4n) is 3.19. The van der Waals surface area contributed by atoms with Gasteiger partial charge in [-0.05, 0) is 43.2 Å². The highest BCUT2D eigenvalue weighted by Gasteiger charge is 2.17. The van der Waals surface area contributed by atoms with Crippen molar-refractivity contribution in [3.8, 4) is 27.6 Å². The Hall–Kier alpha value is -2.47. The van der Waals surface area contributed by atoms with E-state index in [1.807, 2.05) is 42.0 Å². The summed E-state index contributed by atoms with van der Waals surface area (Å²) in [6.07, 6.45) is 6.79. The molecule has 4 rings (SSSR count). The maximum atomic E-state index is 5.23. The minimum atomic E-state index is 0.498. The molecule has 2 aromatic heterocycles. The van der Waals surface area contributed by atoms with Gasteiger partial charge in [-0.1, -0.05) is 12.8 Å². The van der Waals surface area contributed by atoms with Crippen LogP contribution < -0.4 is 10.1 Å². The van der Waals surface area contributed by atoms with Gasteiger partial charge in [0.1, 0.15) is 5.75 Å². The van der Waals surface area contributed by atoms with Gasteiger partial charge in [-0.2, -0.15) is 0 Å². The van der Waals surface area contributed by atoms with Crippen LogP contribution in [0.25, 0.3) is 21.8 Å². The summed E-state index contributed by atoms with van der Waals surface area (Å²) in [7, 11) is 1.67. The van der Waals surface area contributed by atoms with Crippen molar-refractivity contribution in [2.24, 2.45) is 0 Å². The van der Waals surface area contributed by atoms with Crippen LogP contribution in [0.2, 0.25) is 0 Å². The molecule has 1 fully saturated rings. The van der Waals surface area contributed by atoms with Crippen LogP contribution in [0.15, 0.2) is 42.0 Å². The molecule has 0 bridgehead atoms. The zero-order valence-corrected chi connectivity index (χ0v) is 14.9. The average molecular weight is 352 g/mol. The molecule has 0 saturated heterocycles. The van der Waals surface area contributed by atoms with E-state index >= 15 is 0 Å². The van der Waals surface area contributed by atoms with E-state index in [9.17, 15) is 0 Å². The topological polar surface area (TPSA) is 59.9 Å². The standard InChI is InChI=1S/C19H20N4OS/c1-24-15-8-6-13(7-9-15)17-18(25-12-21-17)16-10-11-20-19(23-16)22-14-4-2-3-5-14/h6-12,14H,2-5H2,1H3,(H,20,22,23). The maximum absolute atomic E-state index is 5.23. The van der Waals surface area contributed by atoms with Gasteiger partial charge >= 0.3 is 0 Å². The number of rotatable bonds is 5. The molecular formula is C19H20N4OS. The summed E-state index contributed by atoms with van der Waals surface area (Å²) in [5.74, 6) is 1.55. The summed E-state index contributed by atoms with van der Waals surface area (Å²) >= 11 is 1.60. The van der Waals surface area contributed by atoms with Crippen LogP contribution in [0.1, 0.15) is 25.7 Å². The first-order chi connectivity index (χ1) is 12.3. The lowest BCUT2D eigenvalue weighted by Crippen LogP contribution is -2.16. The highest BCUT2D eigenvalue weighted by Crippen LogP contribution is 2.34. The predicted octanol–water partition coefficient (Wildman–Crippen LogP) is 4.63. The van der Waals surface area contributed by atoms with E-state index in [0.717, 1.165) is 27.6 Å². The number of ether oxygens (including phenoxy) is 1. The van der Waals surface area contributed by atoms with Crippen LogP contribution in [0.4, 0.5) is 5.95 Å². The molecule has 0 unspecified atom stereocenters. The van der Waals surface area contributed by atoms with Crippen LogP contribution in [0.5, 0.6) is 5.75 Å². The summed E-state index contributed by atoms with van der Waals surface area (Å²) in [5, 5.41) is 3.46. The van der Waals surface area contributed by atoms with Crippen LogP contribution in [-0.4, -0.2) is 28.1 Å². The fraction of sp³-hybridized carbons (Fsp3) is 0.316. The molecule has 1 N–H and O–H groups in total. The van der Waals surface area contributed by atoms with Gasteiger partial charge in [-0.25, -0.2) is 15.0 Å². The summed E-state index contributed by atoms with van der Waals surface area (Å²) in [6, 6.07) is 10.4. The van der Waals surface area contributed by atoms with Crippen molar-refractivity contribution < 1.29 is 4.74 Å². The zero-order chi connectivity index (χ0) is 17.1. The molecule has 1 saturated carbocycles. The first kappa shape index (κ1) is 16.0. The quantitative estimate of drug-likeness (QED) is 0.725. The number of anilines is 1. The molecule has 1 aliphatic rings. The van der Waals surface area contributed by atoms with Crippen molar-refractivity contribution in [3.05, 3.63) is 42.0 Å². The van der Waals surface area contributed by atoms with Crippen molar-refractivity contribution in [3.63, 3.8) is 0 Å². The molecule has 0 radical (unpaired) electrons. The Balaban J connectivity index is 1.62. The number of hydrogen-bond donors (Lipinski definition) is 1. The summed E-state index contributed by atoms with van der Waals surface area (Å²) in [6.45, 7) is 0. The minimum Gasteiger partial charge on any atom is -0.497 e. The molecule has 1 aliphatic carbocycles. The first-order valence-electron chi connectivity index (χ1n) is 8.51. The molecule has 0 atom stereocenters. The van der Waals surface area contributed by atoms with E-state index in [4.69, 9.17) is 9.72 Å². The second kappa shape index (κ2) is 7.19. The Morgan fingerprint density at radius 2 is 1.88 bits per heavy atom. The lowest BCUT2D eigenvalue weighted by Gasteiger charge is -2.12. The molecule has 2 heterocycles. The van der Waals surface area contributed by atoms with Crippen molar-refractivity contribution in [2.45, 2.75) is 31.7 Å². The lowest BCUT2D eigenvalue weighted by atomic mass is 10.1. The third-order valence-electron chi connectivity index (χ3n) is 4.51. The van der Waals surface area contributed by atoms with Gasteiger partial charge in [0.05, 0.1) is 28.9 Å². The molecule has 6 heteroatoms. The number of methoxy groups -OCH3 is 1. The van der Waals surface area contributed by atoms with Crippen LogP contribution in [0, 0.1) is 0 Å². The van der Waals surface area contributed by atoms with Gasteiger partial charge in [0, 0.05) is 17.8 Å². The van der Waals surface area contributed by atoms with Crippen LogP contribution in [-0.2, 0) is 0 Å². The fourth-order valence-corrected chi connectivity index (χ4v) is 3.97. The first-order valence-corrected chi connectivity index (χ1v) is 9.39. The van der Waals surface area contributed by atoms with E-state index in [1.165, 1.54) is 25.7 Å². The van der Waals surface area contributed by atoms with Gasteiger partial charge in [0.2, 0.25) is 5.95 Å². The van der Waals surface area contributed by atoms with Crippen LogP contribution in [0.3, 0.4) is 0 Å². The summed E-state index contributed by atoms with van der Waals surface area (Å²) in [4.78, 5) is 14.7. The van der Waals surface area contributed by atoms with Gasteiger partial charge in [0.15, 0.2) is 0 Å². The van der Waals surface area contributed by atoms with E-state index < -0.39 is 0 Å². The van der Waals surface area contributed by atoms with Gasteiger partial charge in [-0.3, -0.25) is 0 Å². The minimum absolute atomic E-state index is 0.498. The molecule has 5 nitrogen and oxygen atoms in total. The smallest absolute Gasteiger partial charge is 0.223 e. The molecule has 1 aromatic carbocycles. The summed E-state index contributed by atoms with van der Waals surface area (Å²) < 4.78 is 5.23. The highest BCUT2D eigenvalue weighted by atomic mass is 32.1. The van der Waals surface area contributed by atoms with Crippen molar-refractivity contribution >= 4 is 17.3 Å². The van der Waals surface area contributed by atoms with Crippen molar-refractivity contribution in [1.29, 1.82) is 0 Å². The largest absolute Gasteiger partial charge is 0.497 e. The Bertz CT molecular complexity index is 841. The Labute approximate surface area is 151 Å². The molecule has 0 aliphatic heterocycles. The van der Waals surface area contributed by atoms with Crippen molar-refractivity contribution in [2.75, 3.05) is 12.4 Å². The van der Waals surface area contributed by atoms with E-state index in [1.54, 1.807) is 18.4 Å². The molecule has 0 spiro atoms. The zero-order valence-electron chi connectivity index (χ0n) is 14.1. The number of nitrogens with zero attached hydrogens (tertiary/aromatic N) is 3. The molecule has 3 aromatic rings. The lowest BCUT2D eigenvalue weighted by molar-refractivity contribution is 0.415. The molecule has 128 valence electrons. The molecule has 25 heavy (non-hydrogen) atoms. The highest BCUT2D eigenvalue weighted by molar-refractivity contribution is 7.13. The Morgan fingerprint density at radius 1 is 1.08 bits per heavy atom. The van der Waals surface area contributed by atoms with Gasteiger partial charge < -0.3 is 10.1 Å². The number of aromatic nitrogens is 3. The van der Waals surface area contributed by atoms with E-state index in [-0.39, 0.29) is 0 Å². The van der Waals surface area contributed by atoms with Crippen LogP contribution >= 0.6 is 11.3 Å². The SMILES string of the molecule is COc1ccc(-c2ncsc2-c2ccnc(NC3CCCC3)n2)cc1. The molecular weight excluding hydrogens is 332 g/mol. The van der Waals surface area contributed by atoms with Crippen molar-refractivity contribution in [1.82, 2.24) is 15.0 Å². The predicted molar refractivity (Wildman–Crippen MR) is 101 cm³/mol. The monoisotopic (exact) mass is 352 g/mol. The average Bonchev–Trinajstić information content (AvgIpc) is 3.34. The van der Waals surface area contributed by atoms with Gasteiger partial charge in [0.25, 0.3) is 0 Å². The summed E-state index contributed by atoms with van der Waals surface area (Å²) in [5.41, 5.74) is 4.77. The number of hydrogen-bond acceptors (Lipinski definition) is 6. The number of nitrogens with one attached hydrogen (secondary N) is 1. The number of benzene rings is 1. The third-order valence-corrected chi connectivity index (χ3v) is 5.36. The van der Waals surface area contributed by atoms with E-state index in [2.05, 4.69) is 15.3 Å². The number of thiazole rings is 1. The normalized spacial score (nSPS) is 14.6. The third kappa shape index (κ3) is 3.49. The Kier molecular flexibility index (Phi) is 4.61. The Morgan fingerprint density at radius 3 is 2.64 bits per heavy atom. The molecule has 0 amide bonds. The second-order valence-corrected chi connectivity index (χ2v) is 7.00. The maximum Gasteiger partial charge on any atom is 0.223 e. The van der Waals surface area contributed by atoms with E-state index in [0.29, 0.717) is 12.0 Å². The van der Waals surface area contributed by atoms with Gasteiger partial charge in [-0.15, -0.1) is 11.3 Å². The second-order valence-electron chi connectivity index (χ2n) is 6.15.